The molecular formula is C22H15N5O. The summed E-state index contributed by atoms with van der Waals surface area (Å²) in [5.41, 5.74) is 6.07. The van der Waals surface area contributed by atoms with E-state index in [1.165, 1.54) is 0 Å². The molecule has 0 atom stereocenters. The molecule has 0 amide bonds. The Bertz CT molecular complexity index is 1470. The fourth-order valence-corrected chi connectivity index (χ4v) is 3.76. The Hall–Kier alpha value is -3.93. The van der Waals surface area contributed by atoms with Crippen LogP contribution < -0.4 is 0 Å². The number of hydrogen-bond acceptors (Lipinski definition) is 4. The minimum atomic E-state index is 0.401. The molecule has 0 bridgehead atoms. The number of hydrogen-bond donors (Lipinski definition) is 0. The number of imidazole rings is 2. The molecule has 3 aromatic heterocycles. The smallest absolute Gasteiger partial charge is 0.330 e. The molecule has 0 aliphatic carbocycles. The highest BCUT2D eigenvalue weighted by molar-refractivity contribution is 5.92. The van der Waals surface area contributed by atoms with Crippen molar-refractivity contribution in [1.82, 2.24) is 24.1 Å². The predicted octanol–water partition coefficient (Wildman–Crippen LogP) is 4.79. The third-order valence-corrected chi connectivity index (χ3v) is 5.06. The fourth-order valence-electron chi connectivity index (χ4n) is 3.76. The van der Waals surface area contributed by atoms with Gasteiger partial charge in [-0.1, -0.05) is 47.6 Å². The van der Waals surface area contributed by atoms with Crippen molar-refractivity contribution in [2.45, 2.75) is 6.92 Å². The van der Waals surface area contributed by atoms with Crippen LogP contribution in [0.4, 0.5) is 0 Å². The van der Waals surface area contributed by atoms with Crippen molar-refractivity contribution in [3.05, 3.63) is 78.4 Å². The molecule has 0 spiro atoms. The number of nitrogens with zero attached hydrogens (tertiary/aromatic N) is 5. The predicted molar refractivity (Wildman–Crippen MR) is 108 cm³/mol. The minimum absolute atomic E-state index is 0.401. The zero-order valence-corrected chi connectivity index (χ0v) is 15.1. The summed E-state index contributed by atoms with van der Waals surface area (Å²) in [5.74, 6) is 1.24. The van der Waals surface area contributed by atoms with Gasteiger partial charge in [-0.2, -0.15) is 0 Å². The Morgan fingerprint density at radius 3 is 2.36 bits per heavy atom. The molecule has 6 rings (SSSR count). The van der Waals surface area contributed by atoms with E-state index in [9.17, 15) is 0 Å². The molecule has 134 valence electrons. The molecule has 0 radical (unpaired) electrons. The van der Waals surface area contributed by atoms with Crippen molar-refractivity contribution >= 4 is 27.8 Å². The molecule has 28 heavy (non-hydrogen) atoms. The van der Waals surface area contributed by atoms with Crippen LogP contribution in [0.25, 0.3) is 45.3 Å². The average molecular weight is 365 g/mol. The first kappa shape index (κ1) is 15.2. The first-order valence-electron chi connectivity index (χ1n) is 9.08. The Morgan fingerprint density at radius 1 is 0.750 bits per heavy atom. The zero-order valence-electron chi connectivity index (χ0n) is 15.1. The molecule has 0 saturated carbocycles. The van der Waals surface area contributed by atoms with Crippen LogP contribution in [0.15, 0.2) is 77.2 Å². The number of benzene rings is 3. The van der Waals surface area contributed by atoms with Crippen molar-refractivity contribution in [3.63, 3.8) is 0 Å². The number of aromatic nitrogens is 5. The van der Waals surface area contributed by atoms with Crippen LogP contribution in [0.3, 0.4) is 0 Å². The SMILES string of the molecule is Cc1cccc2c1nc1n(-c3nnc(-c4ccccc4)o3)c3ccccc3n21. The van der Waals surface area contributed by atoms with Crippen LogP contribution in [-0.2, 0) is 0 Å². The van der Waals surface area contributed by atoms with Gasteiger partial charge in [-0.05, 0) is 42.8 Å². The van der Waals surface area contributed by atoms with Gasteiger partial charge in [0.2, 0.25) is 11.7 Å². The minimum Gasteiger partial charge on any atom is -0.403 e. The number of fused-ring (bicyclic) bond motifs is 5. The summed E-state index contributed by atoms with van der Waals surface area (Å²) in [4.78, 5) is 4.91. The Balaban J connectivity index is 1.70. The van der Waals surface area contributed by atoms with E-state index in [-0.39, 0.29) is 0 Å². The van der Waals surface area contributed by atoms with E-state index >= 15 is 0 Å². The zero-order chi connectivity index (χ0) is 18.7. The van der Waals surface area contributed by atoms with E-state index in [1.54, 1.807) is 0 Å². The summed E-state index contributed by atoms with van der Waals surface area (Å²) in [5, 5.41) is 8.57. The molecule has 0 unspecified atom stereocenters. The normalized spacial score (nSPS) is 11.8. The molecule has 3 aromatic carbocycles. The van der Waals surface area contributed by atoms with Gasteiger partial charge in [0.1, 0.15) is 0 Å². The highest BCUT2D eigenvalue weighted by Gasteiger charge is 2.21. The molecule has 0 aliphatic rings. The van der Waals surface area contributed by atoms with Gasteiger partial charge in [-0.15, -0.1) is 5.10 Å². The molecule has 6 heteroatoms. The van der Waals surface area contributed by atoms with Crippen LogP contribution >= 0.6 is 0 Å². The van der Waals surface area contributed by atoms with Crippen molar-refractivity contribution in [2.24, 2.45) is 0 Å². The molecule has 0 aliphatic heterocycles. The van der Waals surface area contributed by atoms with Crippen molar-refractivity contribution in [2.75, 3.05) is 0 Å². The lowest BCUT2D eigenvalue weighted by Gasteiger charge is -1.98. The summed E-state index contributed by atoms with van der Waals surface area (Å²) in [6, 6.07) is 24.5. The second kappa shape index (κ2) is 5.53. The maximum atomic E-state index is 6.04. The lowest BCUT2D eigenvalue weighted by atomic mass is 10.2. The van der Waals surface area contributed by atoms with Crippen LogP contribution in [0.5, 0.6) is 0 Å². The Morgan fingerprint density at radius 2 is 1.50 bits per heavy atom. The summed E-state index contributed by atoms with van der Waals surface area (Å²) >= 11 is 0. The molecule has 3 heterocycles. The third-order valence-electron chi connectivity index (χ3n) is 5.06. The van der Waals surface area contributed by atoms with Gasteiger partial charge in [0.25, 0.3) is 0 Å². The molecule has 0 saturated heterocycles. The Labute approximate surface area is 159 Å². The second-order valence-corrected chi connectivity index (χ2v) is 6.77. The summed E-state index contributed by atoms with van der Waals surface area (Å²) < 4.78 is 10.1. The molecule has 6 nitrogen and oxygen atoms in total. The van der Waals surface area contributed by atoms with E-state index in [2.05, 4.69) is 45.8 Å². The lowest BCUT2D eigenvalue weighted by Crippen LogP contribution is -1.95. The summed E-state index contributed by atoms with van der Waals surface area (Å²) in [6.07, 6.45) is 0. The number of aryl methyl sites for hydroxylation is 1. The lowest BCUT2D eigenvalue weighted by molar-refractivity contribution is 0.544. The molecular weight excluding hydrogens is 350 g/mol. The van der Waals surface area contributed by atoms with E-state index in [1.807, 2.05) is 53.1 Å². The number of rotatable bonds is 2. The van der Waals surface area contributed by atoms with Gasteiger partial charge in [0, 0.05) is 5.56 Å². The van der Waals surface area contributed by atoms with Crippen molar-refractivity contribution in [1.29, 1.82) is 0 Å². The first-order chi connectivity index (χ1) is 13.8. The fraction of sp³-hybridized carbons (Fsp3) is 0.0455. The molecule has 6 aromatic rings. The van der Waals surface area contributed by atoms with Gasteiger partial charge in [0.15, 0.2) is 0 Å². The van der Waals surface area contributed by atoms with E-state index in [0.717, 1.165) is 39.0 Å². The van der Waals surface area contributed by atoms with Crippen LogP contribution in [0.2, 0.25) is 0 Å². The maximum absolute atomic E-state index is 6.04. The quantitative estimate of drug-likeness (QED) is 0.443. The van der Waals surface area contributed by atoms with Gasteiger partial charge in [-0.3, -0.25) is 4.40 Å². The highest BCUT2D eigenvalue weighted by atomic mass is 16.4. The standard InChI is InChI=1S/C22H15N5O/c1-14-8-7-13-18-19(14)23-21-26(18)16-11-5-6-12-17(16)27(21)22-25-24-20(28-22)15-9-3-2-4-10-15/h2-13H,1H3. The Kier molecular flexibility index (Phi) is 3.00. The van der Waals surface area contributed by atoms with Crippen molar-refractivity contribution < 1.29 is 4.42 Å². The average Bonchev–Trinajstić information content (AvgIpc) is 3.42. The maximum Gasteiger partial charge on any atom is 0.330 e. The summed E-state index contributed by atoms with van der Waals surface area (Å²) in [7, 11) is 0. The number of para-hydroxylation sites is 3. The highest BCUT2D eigenvalue weighted by Crippen LogP contribution is 2.30. The van der Waals surface area contributed by atoms with Crippen LogP contribution in [0, 0.1) is 6.92 Å². The van der Waals surface area contributed by atoms with Gasteiger partial charge in [-0.25, -0.2) is 9.55 Å². The monoisotopic (exact) mass is 365 g/mol. The third kappa shape index (κ3) is 2.00. The van der Waals surface area contributed by atoms with Crippen LogP contribution in [0.1, 0.15) is 5.56 Å². The molecule has 0 N–H and O–H groups in total. The van der Waals surface area contributed by atoms with E-state index in [4.69, 9.17) is 9.40 Å². The van der Waals surface area contributed by atoms with Gasteiger partial charge >= 0.3 is 6.01 Å². The van der Waals surface area contributed by atoms with Gasteiger partial charge < -0.3 is 4.42 Å². The topological polar surface area (TPSA) is 61.2 Å². The molecule has 0 fully saturated rings. The largest absolute Gasteiger partial charge is 0.403 e. The van der Waals surface area contributed by atoms with E-state index < -0.39 is 0 Å². The summed E-state index contributed by atoms with van der Waals surface area (Å²) in [6.45, 7) is 2.07. The first-order valence-corrected chi connectivity index (χ1v) is 9.08. The second-order valence-electron chi connectivity index (χ2n) is 6.77. The van der Waals surface area contributed by atoms with E-state index in [0.29, 0.717) is 11.9 Å². The van der Waals surface area contributed by atoms with Crippen LogP contribution in [-0.4, -0.2) is 24.1 Å². The van der Waals surface area contributed by atoms with Gasteiger partial charge in [0.05, 0.1) is 22.1 Å². The van der Waals surface area contributed by atoms with Crippen molar-refractivity contribution in [3.8, 4) is 17.5 Å².